The normalized spacial score (nSPS) is 22.0. The average molecular weight is 423 g/mol. The molecule has 0 unspecified atom stereocenters. The molecule has 6 nitrogen and oxygen atoms in total. The largest absolute Gasteiger partial charge is 0.461 e. The fourth-order valence-electron chi connectivity index (χ4n) is 3.50. The zero-order chi connectivity index (χ0) is 21.3. The Kier molecular flexibility index (Phi) is 9.30. The van der Waals surface area contributed by atoms with Crippen molar-refractivity contribution in [1.29, 1.82) is 0 Å². The molecule has 1 aliphatic carbocycles. The monoisotopic (exact) mass is 422 g/mol. The molecule has 1 amide bonds. The molecule has 7 heteroatoms. The van der Waals surface area contributed by atoms with E-state index < -0.39 is 17.7 Å². The second kappa shape index (κ2) is 11.5. The van der Waals surface area contributed by atoms with Crippen molar-refractivity contribution in [3.05, 3.63) is 35.9 Å². The van der Waals surface area contributed by atoms with Gasteiger partial charge in [-0.15, -0.1) is 0 Å². The van der Waals surface area contributed by atoms with Crippen LogP contribution in [0.5, 0.6) is 0 Å². The van der Waals surface area contributed by atoms with E-state index in [1.165, 1.54) is 0 Å². The Hall–Kier alpha value is -1.73. The first-order valence-electron chi connectivity index (χ1n) is 10.3. The van der Waals surface area contributed by atoms with Gasteiger partial charge in [0.15, 0.2) is 0 Å². The number of rotatable bonds is 9. The van der Waals surface area contributed by atoms with Gasteiger partial charge < -0.3 is 20.5 Å². The molecule has 1 aliphatic rings. The molecule has 1 aromatic carbocycles. The van der Waals surface area contributed by atoms with Gasteiger partial charge in [-0.2, -0.15) is 11.8 Å². The van der Waals surface area contributed by atoms with Crippen molar-refractivity contribution in [3.63, 3.8) is 0 Å². The third kappa shape index (κ3) is 8.66. The number of benzene rings is 1. The Morgan fingerprint density at radius 3 is 2.66 bits per heavy atom. The number of alkyl carbamates (subject to hydrolysis) is 1. The average Bonchev–Trinajstić information content (AvgIpc) is 2.66. The van der Waals surface area contributed by atoms with Crippen LogP contribution in [0.2, 0.25) is 0 Å². The summed E-state index contributed by atoms with van der Waals surface area (Å²) in [5.74, 6) is 2.09. The molecular weight excluding hydrogens is 388 g/mol. The molecular formula is C22H34N2O4S. The second-order valence-corrected chi connectivity index (χ2v) is 9.53. The van der Waals surface area contributed by atoms with E-state index >= 15 is 0 Å². The Labute approximate surface area is 178 Å². The van der Waals surface area contributed by atoms with Crippen LogP contribution in [0, 0.1) is 5.92 Å². The van der Waals surface area contributed by atoms with E-state index in [0.29, 0.717) is 5.92 Å². The molecule has 0 heterocycles. The van der Waals surface area contributed by atoms with Crippen LogP contribution in [-0.4, -0.2) is 41.3 Å². The van der Waals surface area contributed by atoms with Gasteiger partial charge in [-0.05, 0) is 56.1 Å². The van der Waals surface area contributed by atoms with Gasteiger partial charge in [0.05, 0.1) is 6.42 Å². The topological polar surface area (TPSA) is 90.6 Å². The van der Waals surface area contributed by atoms with E-state index in [1.807, 2.05) is 42.1 Å². The van der Waals surface area contributed by atoms with Gasteiger partial charge in [0.1, 0.15) is 12.2 Å². The first-order chi connectivity index (χ1) is 13.8. The van der Waals surface area contributed by atoms with E-state index in [1.54, 1.807) is 13.8 Å². The molecule has 162 valence electrons. The highest BCUT2D eigenvalue weighted by Crippen LogP contribution is 2.27. The maximum absolute atomic E-state index is 12.4. The zero-order valence-corrected chi connectivity index (χ0v) is 18.5. The van der Waals surface area contributed by atoms with E-state index in [2.05, 4.69) is 12.2 Å². The number of carbonyl (C=O) groups excluding carboxylic acids is 2. The minimum absolute atomic E-state index is 0.00143. The molecule has 1 fully saturated rings. The van der Waals surface area contributed by atoms with Crippen LogP contribution < -0.4 is 11.1 Å². The lowest BCUT2D eigenvalue weighted by atomic mass is 9.83. The summed E-state index contributed by atoms with van der Waals surface area (Å²) in [5, 5.41) is 2.95. The number of thioether (sulfide) groups is 1. The van der Waals surface area contributed by atoms with Crippen molar-refractivity contribution < 1.29 is 19.1 Å². The Morgan fingerprint density at radius 2 is 1.97 bits per heavy atom. The molecule has 29 heavy (non-hydrogen) atoms. The van der Waals surface area contributed by atoms with Crippen molar-refractivity contribution >= 4 is 23.8 Å². The second-order valence-electron chi connectivity index (χ2n) is 8.21. The van der Waals surface area contributed by atoms with Gasteiger partial charge in [-0.25, -0.2) is 4.79 Å². The standard InChI is InChI=1S/C22H34N2O4S/c1-4-29-15-17-12-18(10-11-19(17)23)24-21(26)28-22(2,3)13-20(25)27-14-16-8-6-5-7-9-16/h5-9,17-19H,4,10-15,23H2,1-3H3,(H,24,26)/t17-,18+,19-/m0/s1. The van der Waals surface area contributed by atoms with Gasteiger partial charge >= 0.3 is 12.1 Å². The van der Waals surface area contributed by atoms with Crippen molar-refractivity contribution in [1.82, 2.24) is 5.32 Å². The molecule has 0 spiro atoms. The predicted octanol–water partition coefficient (Wildman–Crippen LogP) is 3.87. The maximum atomic E-state index is 12.4. The fraction of sp³-hybridized carbons (Fsp3) is 0.636. The molecule has 0 aromatic heterocycles. The van der Waals surface area contributed by atoms with Gasteiger partial charge in [0.25, 0.3) is 0 Å². The Bertz CT molecular complexity index is 653. The van der Waals surface area contributed by atoms with Gasteiger partial charge in [-0.1, -0.05) is 37.3 Å². The number of amides is 1. The number of nitrogens with one attached hydrogen (secondary N) is 1. The van der Waals surface area contributed by atoms with Crippen molar-refractivity contribution in [2.45, 2.75) is 70.7 Å². The summed E-state index contributed by atoms with van der Waals surface area (Å²) in [5.41, 5.74) is 6.21. The summed E-state index contributed by atoms with van der Waals surface area (Å²) < 4.78 is 10.8. The van der Waals surface area contributed by atoms with Crippen LogP contribution in [0.4, 0.5) is 4.79 Å². The van der Waals surface area contributed by atoms with Crippen LogP contribution in [-0.2, 0) is 20.9 Å². The zero-order valence-electron chi connectivity index (χ0n) is 17.7. The lowest BCUT2D eigenvalue weighted by Crippen LogP contribution is -2.47. The van der Waals surface area contributed by atoms with E-state index in [-0.39, 0.29) is 25.1 Å². The van der Waals surface area contributed by atoms with E-state index in [4.69, 9.17) is 15.2 Å². The van der Waals surface area contributed by atoms with Crippen molar-refractivity contribution in [2.75, 3.05) is 11.5 Å². The van der Waals surface area contributed by atoms with E-state index in [0.717, 1.165) is 36.3 Å². The number of hydrogen-bond acceptors (Lipinski definition) is 6. The third-order valence-corrected chi connectivity index (χ3v) is 6.15. The molecule has 1 saturated carbocycles. The number of ether oxygens (including phenoxy) is 2. The van der Waals surface area contributed by atoms with Crippen LogP contribution >= 0.6 is 11.8 Å². The summed E-state index contributed by atoms with van der Waals surface area (Å²) in [7, 11) is 0. The van der Waals surface area contributed by atoms with E-state index in [9.17, 15) is 9.59 Å². The maximum Gasteiger partial charge on any atom is 0.407 e. The number of hydrogen-bond donors (Lipinski definition) is 2. The summed E-state index contributed by atoms with van der Waals surface area (Å²) in [6.07, 6.45) is 2.12. The number of esters is 1. The van der Waals surface area contributed by atoms with Gasteiger partial charge in [0, 0.05) is 12.1 Å². The minimum atomic E-state index is -0.944. The smallest absolute Gasteiger partial charge is 0.407 e. The highest BCUT2D eigenvalue weighted by Gasteiger charge is 2.32. The van der Waals surface area contributed by atoms with Crippen molar-refractivity contribution in [2.24, 2.45) is 11.7 Å². The molecule has 0 aliphatic heterocycles. The lowest BCUT2D eigenvalue weighted by molar-refractivity contribution is -0.149. The third-order valence-electron chi connectivity index (χ3n) is 5.08. The van der Waals surface area contributed by atoms with Crippen molar-refractivity contribution in [3.8, 4) is 0 Å². The Balaban J connectivity index is 1.75. The number of nitrogens with two attached hydrogens (primary N) is 1. The van der Waals surface area contributed by atoms with Crippen LogP contribution in [0.3, 0.4) is 0 Å². The first-order valence-corrected chi connectivity index (χ1v) is 11.5. The predicted molar refractivity (Wildman–Crippen MR) is 117 cm³/mol. The fourth-order valence-corrected chi connectivity index (χ4v) is 4.42. The molecule has 0 saturated heterocycles. The molecule has 2 rings (SSSR count). The minimum Gasteiger partial charge on any atom is -0.461 e. The lowest BCUT2D eigenvalue weighted by Gasteiger charge is -2.35. The highest BCUT2D eigenvalue weighted by molar-refractivity contribution is 7.99. The summed E-state index contributed by atoms with van der Waals surface area (Å²) in [6, 6.07) is 9.74. The van der Waals surface area contributed by atoms with Gasteiger partial charge in [0.2, 0.25) is 0 Å². The Morgan fingerprint density at radius 1 is 1.24 bits per heavy atom. The van der Waals surface area contributed by atoms with Crippen LogP contribution in [0.15, 0.2) is 30.3 Å². The summed E-state index contributed by atoms with van der Waals surface area (Å²) >= 11 is 1.88. The molecule has 1 aromatic rings. The molecule has 3 atom stereocenters. The van der Waals surface area contributed by atoms with Crippen LogP contribution in [0.25, 0.3) is 0 Å². The quantitative estimate of drug-likeness (QED) is 0.587. The van der Waals surface area contributed by atoms with Gasteiger partial charge in [-0.3, -0.25) is 4.79 Å². The molecule has 0 bridgehead atoms. The molecule has 3 N–H and O–H groups in total. The van der Waals surface area contributed by atoms with Crippen LogP contribution in [0.1, 0.15) is 52.0 Å². The highest BCUT2D eigenvalue weighted by atomic mass is 32.2. The summed E-state index contributed by atoms with van der Waals surface area (Å²) in [6.45, 7) is 5.78. The molecule has 0 radical (unpaired) electrons. The number of carbonyl (C=O) groups is 2. The first kappa shape index (κ1) is 23.5. The summed E-state index contributed by atoms with van der Waals surface area (Å²) in [4.78, 5) is 24.5. The SMILES string of the molecule is CCSC[C@@H]1C[C@H](NC(=O)OC(C)(C)CC(=O)OCc2ccccc2)CC[C@@H]1N.